The lowest BCUT2D eigenvalue weighted by Crippen LogP contribution is -2.12. The summed E-state index contributed by atoms with van der Waals surface area (Å²) in [5.41, 5.74) is 7.62. The van der Waals surface area contributed by atoms with Crippen molar-refractivity contribution in [2.45, 2.75) is 25.9 Å². The van der Waals surface area contributed by atoms with Crippen molar-refractivity contribution in [3.8, 4) is 23.2 Å². The van der Waals surface area contributed by atoms with Gasteiger partial charge in [0.25, 0.3) is 0 Å². The zero-order chi connectivity index (χ0) is 16.1. The number of rotatable bonds is 0. The second-order valence-electron chi connectivity index (χ2n) is 5.99. The van der Waals surface area contributed by atoms with Crippen molar-refractivity contribution < 1.29 is 4.57 Å². The van der Waals surface area contributed by atoms with Gasteiger partial charge in [0.2, 0.25) is 7.14 Å². The largest absolute Gasteiger partial charge is 0.295 e. The SMILES string of the molecule is CC(C)(C)P(=O)(C#Cc1ccccc1)C#Cc1ccccc1. The Morgan fingerprint density at radius 2 is 1.09 bits per heavy atom. The van der Waals surface area contributed by atoms with Gasteiger partial charge in [0.15, 0.2) is 0 Å². The minimum absolute atomic E-state index is 0.476. The summed E-state index contributed by atoms with van der Waals surface area (Å²) >= 11 is 0. The normalized spacial score (nSPS) is 10.9. The molecular weight excluding hydrogens is 287 g/mol. The van der Waals surface area contributed by atoms with Gasteiger partial charge in [-0.15, -0.1) is 0 Å². The zero-order valence-corrected chi connectivity index (χ0v) is 14.0. The van der Waals surface area contributed by atoms with Crippen LogP contribution < -0.4 is 0 Å². The van der Waals surface area contributed by atoms with Gasteiger partial charge in [-0.25, -0.2) is 0 Å². The first-order valence-electron chi connectivity index (χ1n) is 7.17. The van der Waals surface area contributed by atoms with Crippen LogP contribution in [-0.2, 0) is 4.57 Å². The monoisotopic (exact) mass is 306 g/mol. The Bertz CT molecular complexity index is 730. The molecule has 0 saturated heterocycles. The molecule has 2 heteroatoms. The van der Waals surface area contributed by atoms with Crippen LogP contribution in [0.25, 0.3) is 0 Å². The van der Waals surface area contributed by atoms with Crippen LogP contribution >= 0.6 is 7.14 Å². The van der Waals surface area contributed by atoms with Gasteiger partial charge in [0.05, 0.1) is 0 Å². The van der Waals surface area contributed by atoms with Crippen molar-refractivity contribution in [3.63, 3.8) is 0 Å². The minimum Gasteiger partial charge on any atom is -0.295 e. The van der Waals surface area contributed by atoms with Crippen LogP contribution in [0.4, 0.5) is 0 Å². The topological polar surface area (TPSA) is 17.1 Å². The lowest BCUT2D eigenvalue weighted by Gasteiger charge is -2.21. The van der Waals surface area contributed by atoms with Crippen molar-refractivity contribution in [3.05, 3.63) is 71.8 Å². The summed E-state index contributed by atoms with van der Waals surface area (Å²) in [6, 6.07) is 19.2. The van der Waals surface area contributed by atoms with Crippen LogP contribution in [0, 0.1) is 23.2 Å². The van der Waals surface area contributed by atoms with Crippen LogP contribution in [0.1, 0.15) is 31.9 Å². The van der Waals surface area contributed by atoms with Crippen LogP contribution in [0.3, 0.4) is 0 Å². The summed E-state index contributed by atoms with van der Waals surface area (Å²) in [5, 5.41) is -0.476. The summed E-state index contributed by atoms with van der Waals surface area (Å²) in [6.07, 6.45) is 0. The molecule has 0 aliphatic heterocycles. The van der Waals surface area contributed by atoms with Crippen molar-refractivity contribution >= 4 is 7.14 Å². The molecule has 0 amide bonds. The fourth-order valence-corrected chi connectivity index (χ4v) is 2.99. The Morgan fingerprint density at radius 1 is 0.727 bits per heavy atom. The van der Waals surface area contributed by atoms with Gasteiger partial charge < -0.3 is 0 Å². The van der Waals surface area contributed by atoms with Crippen molar-refractivity contribution in [1.82, 2.24) is 0 Å². The van der Waals surface area contributed by atoms with E-state index in [1.165, 1.54) is 0 Å². The summed E-state index contributed by atoms with van der Waals surface area (Å²) in [4.78, 5) is 0. The van der Waals surface area contributed by atoms with E-state index < -0.39 is 12.3 Å². The van der Waals surface area contributed by atoms with Gasteiger partial charge in [0.1, 0.15) is 0 Å². The van der Waals surface area contributed by atoms with E-state index in [0.717, 1.165) is 11.1 Å². The summed E-state index contributed by atoms with van der Waals surface area (Å²) in [5.74, 6) is 6.02. The molecular formula is C20H19OP. The van der Waals surface area contributed by atoms with Crippen LogP contribution in [0.15, 0.2) is 60.7 Å². The Hall–Kier alpha value is -2.21. The lowest BCUT2D eigenvalue weighted by atomic mass is 10.2. The summed E-state index contributed by atoms with van der Waals surface area (Å²) in [7, 11) is -2.96. The Balaban J connectivity index is 2.41. The standard InChI is InChI=1S/C20H19OP/c1-20(2,3)22(21,16-14-18-10-6-4-7-11-18)17-15-19-12-8-5-9-13-19/h4-13H,1-3H3. The highest BCUT2D eigenvalue weighted by molar-refractivity contribution is 7.75. The van der Waals surface area contributed by atoms with Crippen molar-refractivity contribution in [2.75, 3.05) is 0 Å². The van der Waals surface area contributed by atoms with E-state index in [2.05, 4.69) is 23.2 Å². The van der Waals surface area contributed by atoms with Gasteiger partial charge >= 0.3 is 0 Å². The summed E-state index contributed by atoms with van der Waals surface area (Å²) < 4.78 is 13.2. The third-order valence-corrected chi connectivity index (χ3v) is 5.95. The first kappa shape index (κ1) is 16.2. The number of hydrogen-bond donors (Lipinski definition) is 0. The third-order valence-electron chi connectivity index (χ3n) is 3.21. The number of benzene rings is 2. The van der Waals surface area contributed by atoms with E-state index >= 15 is 0 Å². The van der Waals surface area contributed by atoms with E-state index in [9.17, 15) is 4.57 Å². The molecule has 1 nitrogen and oxygen atoms in total. The van der Waals surface area contributed by atoms with E-state index in [4.69, 9.17) is 0 Å². The average molecular weight is 306 g/mol. The van der Waals surface area contributed by atoms with Crippen LogP contribution in [-0.4, -0.2) is 5.16 Å². The highest BCUT2D eigenvalue weighted by Crippen LogP contribution is 2.56. The van der Waals surface area contributed by atoms with Crippen LogP contribution in [0.5, 0.6) is 0 Å². The maximum Gasteiger partial charge on any atom is 0.228 e. The molecule has 0 fully saturated rings. The van der Waals surface area contributed by atoms with Gasteiger partial charge in [-0.1, -0.05) is 69.0 Å². The average Bonchev–Trinajstić information content (AvgIpc) is 2.52. The van der Waals surface area contributed by atoms with Gasteiger partial charge in [-0.2, -0.15) is 0 Å². The Labute approximate surface area is 133 Å². The molecule has 0 aromatic heterocycles. The minimum atomic E-state index is -2.96. The molecule has 0 radical (unpaired) electrons. The smallest absolute Gasteiger partial charge is 0.228 e. The molecule has 2 rings (SSSR count). The Kier molecular flexibility index (Phi) is 4.92. The lowest BCUT2D eigenvalue weighted by molar-refractivity contribution is 0.565. The fourth-order valence-electron chi connectivity index (χ4n) is 1.69. The summed E-state index contributed by atoms with van der Waals surface area (Å²) in [6.45, 7) is 5.77. The quantitative estimate of drug-likeness (QED) is 0.485. The Morgan fingerprint density at radius 3 is 1.41 bits per heavy atom. The molecule has 110 valence electrons. The first-order chi connectivity index (χ1) is 10.4. The third kappa shape index (κ3) is 4.14. The second-order valence-corrected chi connectivity index (χ2v) is 8.99. The molecule has 0 atom stereocenters. The number of hydrogen-bond acceptors (Lipinski definition) is 1. The van der Waals surface area contributed by atoms with Crippen molar-refractivity contribution in [2.24, 2.45) is 0 Å². The molecule has 2 aromatic carbocycles. The predicted octanol–water partition coefficient (Wildman–Crippen LogP) is 5.17. The van der Waals surface area contributed by atoms with E-state index in [0.29, 0.717) is 0 Å². The van der Waals surface area contributed by atoms with Gasteiger partial charge in [-0.3, -0.25) is 4.57 Å². The van der Waals surface area contributed by atoms with Crippen molar-refractivity contribution in [1.29, 1.82) is 0 Å². The van der Waals surface area contributed by atoms with E-state index in [1.807, 2.05) is 81.4 Å². The highest BCUT2D eigenvalue weighted by Gasteiger charge is 2.33. The second kappa shape index (κ2) is 6.70. The molecule has 0 aliphatic rings. The molecule has 22 heavy (non-hydrogen) atoms. The van der Waals surface area contributed by atoms with Gasteiger partial charge in [-0.05, 0) is 35.6 Å². The molecule has 0 heterocycles. The van der Waals surface area contributed by atoms with Gasteiger partial charge in [0, 0.05) is 16.3 Å². The maximum absolute atomic E-state index is 13.2. The molecule has 0 N–H and O–H groups in total. The highest BCUT2D eigenvalue weighted by atomic mass is 31.2. The molecule has 2 aromatic rings. The molecule has 0 bridgehead atoms. The van der Waals surface area contributed by atoms with E-state index in [1.54, 1.807) is 0 Å². The zero-order valence-electron chi connectivity index (χ0n) is 13.1. The predicted molar refractivity (Wildman–Crippen MR) is 94.0 cm³/mol. The van der Waals surface area contributed by atoms with E-state index in [-0.39, 0.29) is 0 Å². The molecule has 0 spiro atoms. The molecule has 0 unspecified atom stereocenters. The molecule has 0 saturated carbocycles. The molecule has 0 aliphatic carbocycles. The van der Waals surface area contributed by atoms with Crippen LogP contribution in [0.2, 0.25) is 0 Å². The fraction of sp³-hybridized carbons (Fsp3) is 0.200. The first-order valence-corrected chi connectivity index (χ1v) is 8.88. The maximum atomic E-state index is 13.2.